The number of nitrogens with one attached hydrogen (secondary N) is 2. The van der Waals surface area contributed by atoms with Gasteiger partial charge in [-0.3, -0.25) is 4.98 Å². The molecule has 0 fully saturated rings. The molecule has 6 nitrogen and oxygen atoms in total. The zero-order valence-electron chi connectivity index (χ0n) is 13.2. The molecule has 0 atom stereocenters. The lowest BCUT2D eigenvalue weighted by atomic mass is 10.1. The lowest BCUT2D eigenvalue weighted by molar-refractivity contribution is 0.555. The smallest absolute Gasteiger partial charge is 0.408 e. The molecule has 126 valence electrons. The van der Waals surface area contributed by atoms with Gasteiger partial charge in [-0.05, 0) is 48.2 Å². The third kappa shape index (κ3) is 3.58. The van der Waals surface area contributed by atoms with Crippen molar-refractivity contribution in [3.8, 4) is 0 Å². The number of hydrogen-bond acceptors (Lipinski definition) is 4. The van der Waals surface area contributed by atoms with Gasteiger partial charge < -0.3 is 4.42 Å². The lowest BCUT2D eigenvalue weighted by Gasteiger charge is -2.07. The summed E-state index contributed by atoms with van der Waals surface area (Å²) in [4.78, 5) is 14.0. The molecular weight excluding hydrogens is 328 g/mol. The first-order chi connectivity index (χ1) is 11.5. The number of sulfonamides is 1. The summed E-state index contributed by atoms with van der Waals surface area (Å²) in [5.41, 5.74) is 3.07. The van der Waals surface area contributed by atoms with Crippen molar-refractivity contribution < 1.29 is 12.8 Å². The quantitative estimate of drug-likeness (QED) is 0.716. The number of aromatic amines is 1. The van der Waals surface area contributed by atoms with Crippen LogP contribution in [0.5, 0.6) is 0 Å². The van der Waals surface area contributed by atoms with Gasteiger partial charge in [0.2, 0.25) is 10.0 Å². The maximum atomic E-state index is 12.3. The highest BCUT2D eigenvalue weighted by Crippen LogP contribution is 2.14. The van der Waals surface area contributed by atoms with E-state index < -0.39 is 15.8 Å². The molecule has 0 saturated heterocycles. The van der Waals surface area contributed by atoms with Crippen molar-refractivity contribution >= 4 is 21.1 Å². The summed E-state index contributed by atoms with van der Waals surface area (Å²) in [7, 11) is -3.52. The SMILES string of the molecule is CCc1ccc(S(=O)(=O)NCCc2ccc3[nH]c(=O)oc3c2)cc1. The number of oxazole rings is 1. The van der Waals surface area contributed by atoms with Crippen LogP contribution in [-0.2, 0) is 22.9 Å². The Hall–Kier alpha value is -2.38. The van der Waals surface area contributed by atoms with Gasteiger partial charge in [-0.2, -0.15) is 0 Å². The normalized spacial score (nSPS) is 11.9. The Morgan fingerprint density at radius 2 is 1.79 bits per heavy atom. The number of aryl methyl sites for hydroxylation is 1. The van der Waals surface area contributed by atoms with Crippen LogP contribution in [0.4, 0.5) is 0 Å². The lowest BCUT2D eigenvalue weighted by Crippen LogP contribution is -2.26. The molecule has 3 rings (SSSR count). The van der Waals surface area contributed by atoms with Gasteiger partial charge in [-0.1, -0.05) is 25.1 Å². The topological polar surface area (TPSA) is 92.2 Å². The summed E-state index contributed by atoms with van der Waals surface area (Å²) in [6.45, 7) is 2.28. The van der Waals surface area contributed by atoms with E-state index in [1.807, 2.05) is 25.1 Å². The van der Waals surface area contributed by atoms with E-state index in [0.717, 1.165) is 17.5 Å². The van der Waals surface area contributed by atoms with Crippen LogP contribution in [0, 0.1) is 0 Å². The molecule has 7 heteroatoms. The van der Waals surface area contributed by atoms with E-state index in [0.29, 0.717) is 17.5 Å². The van der Waals surface area contributed by atoms with E-state index in [2.05, 4.69) is 9.71 Å². The van der Waals surface area contributed by atoms with Gasteiger partial charge in [-0.25, -0.2) is 17.9 Å². The molecular formula is C17H18N2O4S. The Morgan fingerprint density at radius 3 is 2.50 bits per heavy atom. The Balaban J connectivity index is 1.66. The second-order valence-electron chi connectivity index (χ2n) is 5.49. The second kappa shape index (κ2) is 6.62. The fraction of sp³-hybridized carbons (Fsp3) is 0.235. The van der Waals surface area contributed by atoms with Crippen molar-refractivity contribution in [3.05, 3.63) is 64.1 Å². The minimum Gasteiger partial charge on any atom is -0.408 e. The number of aromatic nitrogens is 1. The van der Waals surface area contributed by atoms with Crippen LogP contribution in [0.15, 0.2) is 56.6 Å². The summed E-state index contributed by atoms with van der Waals surface area (Å²) < 4.78 is 32.1. The number of benzene rings is 2. The van der Waals surface area contributed by atoms with Crippen molar-refractivity contribution in [2.24, 2.45) is 0 Å². The van der Waals surface area contributed by atoms with Crippen LogP contribution in [0.25, 0.3) is 11.1 Å². The van der Waals surface area contributed by atoms with Gasteiger partial charge in [-0.15, -0.1) is 0 Å². The molecule has 1 heterocycles. The van der Waals surface area contributed by atoms with Gasteiger partial charge in [0.05, 0.1) is 10.4 Å². The van der Waals surface area contributed by atoms with Crippen LogP contribution in [0.1, 0.15) is 18.1 Å². The third-order valence-electron chi connectivity index (χ3n) is 3.83. The highest BCUT2D eigenvalue weighted by atomic mass is 32.2. The first kappa shape index (κ1) is 16.5. The van der Waals surface area contributed by atoms with Crippen molar-refractivity contribution in [1.29, 1.82) is 0 Å². The second-order valence-corrected chi connectivity index (χ2v) is 7.26. The molecule has 24 heavy (non-hydrogen) atoms. The number of H-pyrrole nitrogens is 1. The van der Waals surface area contributed by atoms with Gasteiger partial charge >= 0.3 is 5.76 Å². The predicted molar refractivity (Wildman–Crippen MR) is 91.5 cm³/mol. The van der Waals surface area contributed by atoms with E-state index >= 15 is 0 Å². The molecule has 0 unspecified atom stereocenters. The van der Waals surface area contributed by atoms with Gasteiger partial charge in [0.15, 0.2) is 5.58 Å². The van der Waals surface area contributed by atoms with Crippen LogP contribution >= 0.6 is 0 Å². The van der Waals surface area contributed by atoms with E-state index in [-0.39, 0.29) is 11.4 Å². The molecule has 3 aromatic rings. The Labute approximate surface area is 139 Å². The standard InChI is InChI=1S/C17H18N2O4S/c1-2-12-3-6-14(7-4-12)24(21,22)18-10-9-13-5-8-15-16(11-13)23-17(20)19-15/h3-8,11,18H,2,9-10H2,1H3,(H,19,20). The van der Waals surface area contributed by atoms with Gasteiger partial charge in [0, 0.05) is 6.54 Å². The molecule has 0 aliphatic rings. The third-order valence-corrected chi connectivity index (χ3v) is 5.31. The molecule has 2 N–H and O–H groups in total. The first-order valence-corrected chi connectivity index (χ1v) is 9.16. The molecule has 0 saturated carbocycles. The fourth-order valence-electron chi connectivity index (χ4n) is 2.46. The van der Waals surface area contributed by atoms with Crippen LogP contribution in [-0.4, -0.2) is 19.9 Å². The summed E-state index contributed by atoms with van der Waals surface area (Å²) in [6.07, 6.45) is 1.36. The summed E-state index contributed by atoms with van der Waals surface area (Å²) >= 11 is 0. The summed E-state index contributed by atoms with van der Waals surface area (Å²) in [5, 5.41) is 0. The number of rotatable bonds is 6. The molecule has 0 aliphatic heterocycles. The number of fused-ring (bicyclic) bond motifs is 1. The summed E-state index contributed by atoms with van der Waals surface area (Å²) in [5.74, 6) is -0.502. The molecule has 0 aliphatic carbocycles. The molecule has 2 aromatic carbocycles. The van der Waals surface area contributed by atoms with Crippen LogP contribution in [0.2, 0.25) is 0 Å². The zero-order valence-corrected chi connectivity index (χ0v) is 14.0. The van der Waals surface area contributed by atoms with E-state index in [1.54, 1.807) is 24.3 Å². The molecule has 0 spiro atoms. The van der Waals surface area contributed by atoms with Crippen LogP contribution < -0.4 is 10.5 Å². The highest BCUT2D eigenvalue weighted by molar-refractivity contribution is 7.89. The van der Waals surface area contributed by atoms with E-state index in [9.17, 15) is 13.2 Å². The van der Waals surface area contributed by atoms with Crippen molar-refractivity contribution in [2.75, 3.05) is 6.54 Å². The Kier molecular flexibility index (Phi) is 4.55. The Morgan fingerprint density at radius 1 is 1.08 bits per heavy atom. The van der Waals surface area contributed by atoms with Gasteiger partial charge in [0.1, 0.15) is 0 Å². The molecule has 1 aromatic heterocycles. The minimum atomic E-state index is -3.52. The molecule has 0 amide bonds. The fourth-order valence-corrected chi connectivity index (χ4v) is 3.49. The first-order valence-electron chi connectivity index (χ1n) is 7.68. The largest absolute Gasteiger partial charge is 0.417 e. The average molecular weight is 346 g/mol. The van der Waals surface area contributed by atoms with Crippen molar-refractivity contribution in [2.45, 2.75) is 24.7 Å². The zero-order chi connectivity index (χ0) is 17.2. The van der Waals surface area contributed by atoms with Crippen molar-refractivity contribution in [3.63, 3.8) is 0 Å². The maximum Gasteiger partial charge on any atom is 0.417 e. The minimum absolute atomic E-state index is 0.256. The maximum absolute atomic E-state index is 12.3. The Bertz CT molecular complexity index is 1000. The van der Waals surface area contributed by atoms with E-state index in [1.165, 1.54) is 0 Å². The predicted octanol–water partition coefficient (Wildman–Crippen LogP) is 2.20. The average Bonchev–Trinajstić information content (AvgIpc) is 2.94. The van der Waals surface area contributed by atoms with Crippen molar-refractivity contribution in [1.82, 2.24) is 9.71 Å². The number of hydrogen-bond donors (Lipinski definition) is 2. The van der Waals surface area contributed by atoms with Crippen LogP contribution in [0.3, 0.4) is 0 Å². The van der Waals surface area contributed by atoms with E-state index in [4.69, 9.17) is 4.42 Å². The molecule has 0 bridgehead atoms. The highest BCUT2D eigenvalue weighted by Gasteiger charge is 2.13. The molecule has 0 radical (unpaired) electrons. The monoisotopic (exact) mass is 346 g/mol. The van der Waals surface area contributed by atoms with Gasteiger partial charge in [0.25, 0.3) is 0 Å². The summed E-state index contributed by atoms with van der Waals surface area (Å²) in [6, 6.07) is 12.2.